The van der Waals surface area contributed by atoms with Gasteiger partial charge in [-0.3, -0.25) is 19.6 Å². The molecule has 2 amide bonds. The number of aromatic nitrogens is 2. The third kappa shape index (κ3) is 8.08. The first-order valence-electron chi connectivity index (χ1n) is 11.3. The molecule has 2 aromatic heterocycles. The summed E-state index contributed by atoms with van der Waals surface area (Å²) < 4.78 is 0. The van der Waals surface area contributed by atoms with Crippen molar-refractivity contribution < 1.29 is 9.59 Å². The van der Waals surface area contributed by atoms with Gasteiger partial charge in [-0.15, -0.1) is 11.8 Å². The first kappa shape index (κ1) is 24.2. The van der Waals surface area contributed by atoms with Crippen LogP contribution in [-0.4, -0.2) is 33.3 Å². The smallest absolute Gasteiger partial charge is 0.234 e. The average Bonchev–Trinajstić information content (AvgIpc) is 2.88. The summed E-state index contributed by atoms with van der Waals surface area (Å²) in [7, 11) is 0. The van der Waals surface area contributed by atoms with Crippen molar-refractivity contribution in [1.82, 2.24) is 9.97 Å². The molecule has 0 spiro atoms. The number of carbonyl (C=O) groups excluding carboxylic acids is 2. The second-order valence-electron chi connectivity index (χ2n) is 8.05. The van der Waals surface area contributed by atoms with E-state index in [-0.39, 0.29) is 23.3 Å². The Morgan fingerprint density at radius 1 is 0.543 bits per heavy atom. The lowest BCUT2D eigenvalue weighted by Crippen LogP contribution is -2.18. The monoisotopic (exact) mass is 482 g/mol. The number of hydrogen-bond donors (Lipinski definition) is 2. The lowest BCUT2D eigenvalue weighted by Gasteiger charge is -2.08. The van der Waals surface area contributed by atoms with Gasteiger partial charge in [0.05, 0.1) is 11.5 Å². The van der Waals surface area contributed by atoms with Crippen LogP contribution >= 0.6 is 11.8 Å². The minimum Gasteiger partial charge on any atom is -0.325 e. The molecule has 6 nitrogen and oxygen atoms in total. The number of nitrogens with one attached hydrogen (secondary N) is 2. The Kier molecular flexibility index (Phi) is 8.62. The summed E-state index contributed by atoms with van der Waals surface area (Å²) in [5, 5.41) is 5.75. The zero-order chi connectivity index (χ0) is 24.3. The third-order valence-electron chi connectivity index (χ3n) is 5.26. The molecule has 7 heteroatoms. The molecular weight excluding hydrogens is 456 g/mol. The number of carbonyl (C=O) groups is 2. The molecule has 2 aromatic carbocycles. The maximum Gasteiger partial charge on any atom is 0.234 e. The summed E-state index contributed by atoms with van der Waals surface area (Å²) in [6.07, 6.45) is 8.75. The summed E-state index contributed by atoms with van der Waals surface area (Å²) >= 11 is 1.28. The van der Waals surface area contributed by atoms with Gasteiger partial charge in [-0.05, 0) is 83.6 Å². The molecule has 0 aliphatic carbocycles. The quantitative estimate of drug-likeness (QED) is 0.333. The van der Waals surface area contributed by atoms with Crippen molar-refractivity contribution in [3.63, 3.8) is 0 Å². The highest BCUT2D eigenvalue weighted by atomic mass is 32.2. The van der Waals surface area contributed by atoms with Crippen molar-refractivity contribution in [1.29, 1.82) is 0 Å². The summed E-state index contributed by atoms with van der Waals surface area (Å²) in [4.78, 5) is 32.5. The van der Waals surface area contributed by atoms with Gasteiger partial charge >= 0.3 is 0 Å². The largest absolute Gasteiger partial charge is 0.325 e. The van der Waals surface area contributed by atoms with Crippen LogP contribution in [0.3, 0.4) is 0 Å². The van der Waals surface area contributed by atoms with Crippen molar-refractivity contribution in [3.05, 3.63) is 120 Å². The predicted octanol–water partition coefficient (Wildman–Crippen LogP) is 4.97. The van der Waals surface area contributed by atoms with E-state index in [0.29, 0.717) is 0 Å². The van der Waals surface area contributed by atoms with Gasteiger partial charge in [-0.1, -0.05) is 24.3 Å². The van der Waals surface area contributed by atoms with Gasteiger partial charge in [-0.2, -0.15) is 0 Å². The summed E-state index contributed by atoms with van der Waals surface area (Å²) in [5.74, 6) is 0.143. The lowest BCUT2D eigenvalue weighted by atomic mass is 10.1. The highest BCUT2D eigenvalue weighted by Crippen LogP contribution is 2.15. The lowest BCUT2D eigenvalue weighted by molar-refractivity contribution is -0.114. The van der Waals surface area contributed by atoms with E-state index in [0.717, 1.165) is 35.3 Å². The van der Waals surface area contributed by atoms with Crippen LogP contribution in [0.1, 0.15) is 22.3 Å². The number of nitrogens with zero attached hydrogens (tertiary/aromatic N) is 2. The van der Waals surface area contributed by atoms with Gasteiger partial charge in [0, 0.05) is 36.2 Å². The normalized spacial score (nSPS) is 10.5. The van der Waals surface area contributed by atoms with E-state index in [1.54, 1.807) is 24.8 Å². The summed E-state index contributed by atoms with van der Waals surface area (Å²) in [6, 6.07) is 23.5. The standard InChI is InChI=1S/C28H26N4O2S/c33-27(31-25-5-1-21(2-6-25)17-23-9-13-29-14-10-23)19-35-20-28(34)32-26-7-3-22(4-8-26)18-24-11-15-30-16-12-24/h1-16H,17-20H2,(H,31,33)(H,32,34). The minimum absolute atomic E-state index is 0.134. The zero-order valence-electron chi connectivity index (χ0n) is 19.2. The number of anilines is 2. The molecule has 0 unspecified atom stereocenters. The van der Waals surface area contributed by atoms with Crippen LogP contribution < -0.4 is 10.6 Å². The van der Waals surface area contributed by atoms with Crippen LogP contribution in [0.5, 0.6) is 0 Å². The Labute approximate surface area is 209 Å². The minimum atomic E-state index is -0.134. The molecule has 0 saturated carbocycles. The highest BCUT2D eigenvalue weighted by molar-refractivity contribution is 8.00. The average molecular weight is 483 g/mol. The predicted molar refractivity (Wildman–Crippen MR) is 142 cm³/mol. The molecule has 0 fully saturated rings. The topological polar surface area (TPSA) is 84.0 Å². The van der Waals surface area contributed by atoms with Crippen molar-refractivity contribution in [3.8, 4) is 0 Å². The number of hydrogen-bond acceptors (Lipinski definition) is 5. The molecule has 0 aliphatic rings. The van der Waals surface area contributed by atoms with Crippen LogP contribution in [0, 0.1) is 0 Å². The maximum atomic E-state index is 12.2. The molecule has 0 bridgehead atoms. The Hall–Kier alpha value is -3.97. The molecule has 0 atom stereocenters. The molecule has 2 heterocycles. The Bertz CT molecular complexity index is 1130. The number of thioether (sulfide) groups is 1. The summed E-state index contributed by atoms with van der Waals surface area (Å²) in [6.45, 7) is 0. The van der Waals surface area contributed by atoms with Crippen molar-refractivity contribution in [2.45, 2.75) is 12.8 Å². The number of amides is 2. The Morgan fingerprint density at radius 3 is 1.26 bits per heavy atom. The van der Waals surface area contributed by atoms with Crippen LogP contribution in [0.25, 0.3) is 0 Å². The molecule has 0 aliphatic heterocycles. The van der Waals surface area contributed by atoms with E-state index in [2.05, 4.69) is 20.6 Å². The van der Waals surface area contributed by atoms with Gasteiger partial charge in [0.15, 0.2) is 0 Å². The number of pyridine rings is 2. The Morgan fingerprint density at radius 2 is 0.886 bits per heavy atom. The van der Waals surface area contributed by atoms with Crippen LogP contribution in [-0.2, 0) is 22.4 Å². The fourth-order valence-corrected chi connectivity index (χ4v) is 4.13. The van der Waals surface area contributed by atoms with Gasteiger partial charge < -0.3 is 10.6 Å². The van der Waals surface area contributed by atoms with Crippen LogP contribution in [0.4, 0.5) is 11.4 Å². The van der Waals surface area contributed by atoms with Gasteiger partial charge in [0.1, 0.15) is 0 Å². The van der Waals surface area contributed by atoms with Gasteiger partial charge in [0.2, 0.25) is 11.8 Å². The number of rotatable bonds is 10. The summed E-state index contributed by atoms with van der Waals surface area (Å²) in [5.41, 5.74) is 6.17. The fourth-order valence-electron chi connectivity index (χ4n) is 3.52. The third-order valence-corrected chi connectivity index (χ3v) is 6.19. The molecule has 176 valence electrons. The van der Waals surface area contributed by atoms with Crippen molar-refractivity contribution in [2.75, 3.05) is 22.1 Å². The SMILES string of the molecule is O=C(CSCC(=O)Nc1ccc(Cc2ccncc2)cc1)Nc1ccc(Cc2ccncc2)cc1. The van der Waals surface area contributed by atoms with Crippen molar-refractivity contribution in [2.24, 2.45) is 0 Å². The first-order chi connectivity index (χ1) is 17.1. The molecule has 0 saturated heterocycles. The van der Waals surface area contributed by atoms with E-state index in [4.69, 9.17) is 0 Å². The molecule has 4 aromatic rings. The van der Waals surface area contributed by atoms with E-state index in [1.165, 1.54) is 22.9 Å². The fraction of sp³-hybridized carbons (Fsp3) is 0.143. The van der Waals surface area contributed by atoms with Gasteiger partial charge in [-0.25, -0.2) is 0 Å². The van der Waals surface area contributed by atoms with Crippen LogP contribution in [0.15, 0.2) is 97.6 Å². The van der Waals surface area contributed by atoms with E-state index in [9.17, 15) is 9.59 Å². The Balaban J connectivity index is 1.16. The van der Waals surface area contributed by atoms with Gasteiger partial charge in [0.25, 0.3) is 0 Å². The van der Waals surface area contributed by atoms with E-state index < -0.39 is 0 Å². The number of benzene rings is 2. The molecule has 35 heavy (non-hydrogen) atoms. The molecule has 0 radical (unpaired) electrons. The molecule has 2 N–H and O–H groups in total. The van der Waals surface area contributed by atoms with Crippen molar-refractivity contribution >= 4 is 35.0 Å². The highest BCUT2D eigenvalue weighted by Gasteiger charge is 2.07. The molecular formula is C28H26N4O2S. The maximum absolute atomic E-state index is 12.2. The second kappa shape index (κ2) is 12.5. The molecule has 4 rings (SSSR count). The zero-order valence-corrected chi connectivity index (χ0v) is 20.0. The van der Waals surface area contributed by atoms with Crippen LogP contribution in [0.2, 0.25) is 0 Å². The second-order valence-corrected chi connectivity index (χ2v) is 9.03. The van der Waals surface area contributed by atoms with E-state index in [1.807, 2.05) is 72.8 Å². The van der Waals surface area contributed by atoms with E-state index >= 15 is 0 Å². The first-order valence-corrected chi connectivity index (χ1v) is 12.4.